The first-order chi connectivity index (χ1) is 16.5. The van der Waals surface area contributed by atoms with E-state index in [1.54, 1.807) is 12.1 Å². The van der Waals surface area contributed by atoms with Crippen molar-refractivity contribution in [2.75, 3.05) is 54.9 Å². The third-order valence-electron chi connectivity index (χ3n) is 5.30. The number of amides is 1. The number of anilines is 4. The number of halogens is 1. The molecule has 10 nitrogen and oxygen atoms in total. The Kier molecular flexibility index (Phi) is 7.68. The van der Waals surface area contributed by atoms with E-state index in [0.717, 1.165) is 31.7 Å². The maximum absolute atomic E-state index is 12.7. The van der Waals surface area contributed by atoms with Crippen LogP contribution in [0.15, 0.2) is 31.0 Å². The maximum atomic E-state index is 12.7. The molecular formula is C22H25ClN8O2S. The molecule has 0 spiro atoms. The second kappa shape index (κ2) is 10.9. The first kappa shape index (κ1) is 24.0. The van der Waals surface area contributed by atoms with Crippen molar-refractivity contribution in [3.8, 4) is 0 Å². The number of thiazole rings is 1. The molecule has 1 saturated heterocycles. The monoisotopic (exact) mass is 500 g/mol. The molecule has 1 aliphatic heterocycles. The highest BCUT2D eigenvalue weighted by Gasteiger charge is 2.20. The minimum Gasteiger partial charge on any atom is -0.395 e. The number of rotatable bonds is 8. The molecular weight excluding hydrogens is 476 g/mol. The molecule has 178 valence electrons. The number of nitrogens with one attached hydrogen (secondary N) is 2. The Morgan fingerprint density at radius 1 is 1.26 bits per heavy atom. The van der Waals surface area contributed by atoms with Crippen LogP contribution in [0.25, 0.3) is 6.08 Å². The molecule has 3 N–H and O–H groups in total. The standard InChI is InChI=1S/C22H25ClN8O2S/c1-3-17-25-20(28-21(26-17)31-9-7-30(8-10-31)11-12-32)29-22-24-13-16(34-22)19(33)27-18-14(2)5-4-6-15(18)23/h3-6,13,32H,1,7-12H2,2H3,(H,27,33)(H,24,25,26,28,29). The lowest BCUT2D eigenvalue weighted by Gasteiger charge is -2.34. The zero-order valence-electron chi connectivity index (χ0n) is 18.7. The molecule has 12 heteroatoms. The number of para-hydroxylation sites is 1. The van der Waals surface area contributed by atoms with Gasteiger partial charge in [-0.2, -0.15) is 15.0 Å². The Balaban J connectivity index is 1.46. The molecule has 1 fully saturated rings. The fourth-order valence-electron chi connectivity index (χ4n) is 3.48. The molecule has 1 aliphatic rings. The number of nitrogens with zero attached hydrogens (tertiary/aromatic N) is 6. The molecule has 0 unspecified atom stereocenters. The summed E-state index contributed by atoms with van der Waals surface area (Å²) in [5.74, 6) is 1.00. The van der Waals surface area contributed by atoms with E-state index in [-0.39, 0.29) is 12.5 Å². The van der Waals surface area contributed by atoms with Crippen LogP contribution in [0.2, 0.25) is 5.02 Å². The molecule has 0 atom stereocenters. The number of aromatic nitrogens is 4. The van der Waals surface area contributed by atoms with E-state index in [0.29, 0.717) is 45.0 Å². The summed E-state index contributed by atoms with van der Waals surface area (Å²) in [6, 6.07) is 5.44. The second-order valence-corrected chi connectivity index (χ2v) is 9.05. The molecule has 1 amide bonds. The van der Waals surface area contributed by atoms with Crippen LogP contribution in [0.1, 0.15) is 21.1 Å². The van der Waals surface area contributed by atoms with Gasteiger partial charge in [0.25, 0.3) is 5.91 Å². The Hall–Kier alpha value is -3.12. The largest absolute Gasteiger partial charge is 0.395 e. The lowest BCUT2D eigenvalue weighted by Crippen LogP contribution is -2.47. The molecule has 0 saturated carbocycles. The minimum atomic E-state index is -0.300. The van der Waals surface area contributed by atoms with Crippen LogP contribution < -0.4 is 15.5 Å². The molecule has 0 bridgehead atoms. The van der Waals surface area contributed by atoms with Crippen molar-refractivity contribution in [2.24, 2.45) is 0 Å². The summed E-state index contributed by atoms with van der Waals surface area (Å²) in [6.45, 7) is 9.56. The van der Waals surface area contributed by atoms with Gasteiger partial charge in [-0.05, 0) is 24.6 Å². The number of carbonyl (C=O) groups is 1. The highest BCUT2D eigenvalue weighted by molar-refractivity contribution is 7.17. The molecule has 3 heterocycles. The van der Waals surface area contributed by atoms with Crippen molar-refractivity contribution in [2.45, 2.75) is 6.92 Å². The summed E-state index contributed by atoms with van der Waals surface area (Å²) in [5.41, 5.74) is 1.45. The van der Waals surface area contributed by atoms with E-state index >= 15 is 0 Å². The van der Waals surface area contributed by atoms with Gasteiger partial charge in [0.2, 0.25) is 11.9 Å². The van der Waals surface area contributed by atoms with Crippen molar-refractivity contribution < 1.29 is 9.90 Å². The summed E-state index contributed by atoms with van der Waals surface area (Å²) in [5, 5.41) is 16.0. The molecule has 0 radical (unpaired) electrons. The first-order valence-corrected chi connectivity index (χ1v) is 11.9. The number of hydrogen-bond donors (Lipinski definition) is 3. The van der Waals surface area contributed by atoms with Gasteiger partial charge in [0, 0.05) is 32.7 Å². The summed E-state index contributed by atoms with van der Waals surface area (Å²) in [6.07, 6.45) is 3.05. The first-order valence-electron chi connectivity index (χ1n) is 10.7. The highest BCUT2D eigenvalue weighted by Crippen LogP contribution is 2.28. The van der Waals surface area contributed by atoms with Gasteiger partial charge in [-0.1, -0.05) is 41.6 Å². The SMILES string of the molecule is C=Cc1nc(Nc2ncc(C(=O)Nc3c(C)cccc3Cl)s2)nc(N2CCN(CCO)CC2)n1. The summed E-state index contributed by atoms with van der Waals surface area (Å²) in [7, 11) is 0. The van der Waals surface area contributed by atoms with Gasteiger partial charge < -0.3 is 15.3 Å². The summed E-state index contributed by atoms with van der Waals surface area (Å²) >= 11 is 7.40. The van der Waals surface area contributed by atoms with E-state index in [1.165, 1.54) is 17.5 Å². The summed E-state index contributed by atoms with van der Waals surface area (Å²) in [4.78, 5) is 35.0. The third kappa shape index (κ3) is 5.68. The van der Waals surface area contributed by atoms with Gasteiger partial charge in [-0.25, -0.2) is 4.98 Å². The molecule has 0 aliphatic carbocycles. The van der Waals surface area contributed by atoms with E-state index in [2.05, 4.69) is 46.9 Å². The number of aryl methyl sites for hydroxylation is 1. The van der Waals surface area contributed by atoms with Crippen molar-refractivity contribution >= 4 is 57.6 Å². The van der Waals surface area contributed by atoms with Gasteiger partial charge in [-0.15, -0.1) is 0 Å². The minimum absolute atomic E-state index is 0.145. The van der Waals surface area contributed by atoms with E-state index < -0.39 is 0 Å². The van der Waals surface area contributed by atoms with Crippen LogP contribution in [-0.2, 0) is 0 Å². The third-order valence-corrected chi connectivity index (χ3v) is 6.53. The fourth-order valence-corrected chi connectivity index (χ4v) is 4.45. The summed E-state index contributed by atoms with van der Waals surface area (Å²) < 4.78 is 0. The Morgan fingerprint density at radius 3 is 2.76 bits per heavy atom. The van der Waals surface area contributed by atoms with Crippen molar-refractivity contribution in [3.63, 3.8) is 0 Å². The predicted molar refractivity (Wildman–Crippen MR) is 135 cm³/mol. The number of β-amino-alcohol motifs (C(OH)–C–C–N with tert-alkyl or cyclic N) is 1. The Bertz CT molecular complexity index is 1160. The highest BCUT2D eigenvalue weighted by atomic mass is 35.5. The number of carbonyl (C=O) groups excluding carboxylic acids is 1. The molecule has 4 rings (SSSR count). The van der Waals surface area contributed by atoms with E-state index in [1.807, 2.05) is 19.1 Å². The van der Waals surface area contributed by atoms with E-state index in [9.17, 15) is 4.79 Å². The Labute approximate surface area is 206 Å². The lowest BCUT2D eigenvalue weighted by molar-refractivity contribution is 0.103. The van der Waals surface area contributed by atoms with Crippen molar-refractivity contribution in [1.29, 1.82) is 0 Å². The Morgan fingerprint density at radius 2 is 2.06 bits per heavy atom. The molecule has 1 aromatic carbocycles. The molecule has 3 aromatic rings. The predicted octanol–water partition coefficient (Wildman–Crippen LogP) is 3.04. The number of aliphatic hydroxyl groups is 1. The van der Waals surface area contributed by atoms with Crippen molar-refractivity contribution in [1.82, 2.24) is 24.8 Å². The van der Waals surface area contributed by atoms with Crippen LogP contribution in [0, 0.1) is 6.92 Å². The average molecular weight is 501 g/mol. The van der Waals surface area contributed by atoms with Gasteiger partial charge >= 0.3 is 0 Å². The fraction of sp³-hybridized carbons (Fsp3) is 0.318. The average Bonchev–Trinajstić information content (AvgIpc) is 3.30. The zero-order valence-corrected chi connectivity index (χ0v) is 20.2. The van der Waals surface area contributed by atoms with Crippen LogP contribution in [0.4, 0.5) is 22.7 Å². The van der Waals surface area contributed by atoms with Crippen molar-refractivity contribution in [3.05, 3.63) is 52.3 Å². The van der Waals surface area contributed by atoms with Crippen LogP contribution >= 0.6 is 22.9 Å². The van der Waals surface area contributed by atoms with Gasteiger partial charge in [0.15, 0.2) is 11.0 Å². The number of benzene rings is 1. The topological polar surface area (TPSA) is 119 Å². The zero-order chi connectivity index (χ0) is 24.1. The van der Waals surface area contributed by atoms with Gasteiger partial charge in [0.05, 0.1) is 23.5 Å². The normalized spacial score (nSPS) is 14.1. The lowest BCUT2D eigenvalue weighted by atomic mass is 10.2. The van der Waals surface area contributed by atoms with E-state index in [4.69, 9.17) is 16.7 Å². The van der Waals surface area contributed by atoms with Crippen LogP contribution in [0.5, 0.6) is 0 Å². The quantitative estimate of drug-likeness (QED) is 0.428. The van der Waals surface area contributed by atoms with Crippen LogP contribution in [-0.4, -0.2) is 75.2 Å². The number of hydrogen-bond acceptors (Lipinski definition) is 10. The van der Waals surface area contributed by atoms with Gasteiger partial charge in [0.1, 0.15) is 4.88 Å². The molecule has 34 heavy (non-hydrogen) atoms. The smallest absolute Gasteiger partial charge is 0.267 e. The van der Waals surface area contributed by atoms with Crippen LogP contribution in [0.3, 0.4) is 0 Å². The van der Waals surface area contributed by atoms with Gasteiger partial charge in [-0.3, -0.25) is 15.0 Å². The number of piperazine rings is 1. The molecule has 2 aromatic heterocycles. The second-order valence-electron chi connectivity index (χ2n) is 7.61. The number of aliphatic hydroxyl groups excluding tert-OH is 1. The maximum Gasteiger partial charge on any atom is 0.267 e.